The fourth-order valence-electron chi connectivity index (χ4n) is 2.29. The number of nitrogens with zero attached hydrogens (tertiary/aromatic N) is 3. The van der Waals surface area contributed by atoms with E-state index >= 15 is 0 Å². The first-order chi connectivity index (χ1) is 9.74. The number of anilines is 1. The van der Waals surface area contributed by atoms with Gasteiger partial charge in [0.25, 0.3) is 0 Å². The molecule has 1 aliphatic rings. The highest BCUT2D eigenvalue weighted by Gasteiger charge is 2.19. The maximum atomic E-state index is 11.3. The summed E-state index contributed by atoms with van der Waals surface area (Å²) >= 11 is 1.29. The average Bonchev–Trinajstić information content (AvgIpc) is 2.47. The van der Waals surface area contributed by atoms with Gasteiger partial charge >= 0.3 is 0 Å². The highest BCUT2D eigenvalue weighted by Crippen LogP contribution is 2.18. The first kappa shape index (κ1) is 13.3. The number of piperidine rings is 1. The molecule has 7 nitrogen and oxygen atoms in total. The molecule has 3 rings (SSSR count). The van der Waals surface area contributed by atoms with E-state index in [1.54, 1.807) is 12.3 Å². The van der Waals surface area contributed by atoms with E-state index in [0.29, 0.717) is 17.6 Å². The van der Waals surface area contributed by atoms with E-state index < -0.39 is 0 Å². The number of aromatic nitrogens is 3. The third kappa shape index (κ3) is 2.92. The number of rotatable bonds is 3. The van der Waals surface area contributed by atoms with Crippen molar-refractivity contribution in [2.45, 2.75) is 18.9 Å². The van der Waals surface area contributed by atoms with Crippen molar-refractivity contribution in [3.05, 3.63) is 28.7 Å². The molecule has 106 valence electrons. The molecule has 0 atom stereocenters. The Morgan fingerprint density at radius 2 is 2.20 bits per heavy atom. The Morgan fingerprint density at radius 3 is 2.95 bits per heavy atom. The highest BCUT2D eigenvalue weighted by molar-refractivity contribution is 7.94. The number of pyridine rings is 1. The van der Waals surface area contributed by atoms with E-state index in [2.05, 4.69) is 24.6 Å². The lowest BCUT2D eigenvalue weighted by atomic mass is 10.1. The molecule has 3 heterocycles. The number of aromatic amines is 1. The van der Waals surface area contributed by atoms with Gasteiger partial charge in [0.1, 0.15) is 5.65 Å². The van der Waals surface area contributed by atoms with E-state index in [-0.39, 0.29) is 5.56 Å². The van der Waals surface area contributed by atoms with Gasteiger partial charge in [-0.15, -0.1) is 0 Å². The Kier molecular flexibility index (Phi) is 3.86. The monoisotopic (exact) mass is 292 g/mol. The van der Waals surface area contributed by atoms with Crippen molar-refractivity contribution < 1.29 is 0 Å². The lowest BCUT2D eigenvalue weighted by Crippen LogP contribution is -2.36. The van der Waals surface area contributed by atoms with E-state index in [9.17, 15) is 4.79 Å². The zero-order valence-corrected chi connectivity index (χ0v) is 11.7. The van der Waals surface area contributed by atoms with Gasteiger partial charge in [-0.2, -0.15) is 4.98 Å². The normalized spacial score (nSPS) is 17.4. The molecule has 0 aliphatic carbocycles. The maximum absolute atomic E-state index is 11.3. The molecule has 1 fully saturated rings. The molecule has 2 aromatic heterocycles. The Morgan fingerprint density at radius 1 is 1.40 bits per heavy atom. The number of nitrogens with two attached hydrogens (primary N) is 1. The minimum Gasteiger partial charge on any atom is -0.351 e. The quantitative estimate of drug-likeness (QED) is 0.717. The Labute approximate surface area is 120 Å². The van der Waals surface area contributed by atoms with Crippen LogP contribution in [-0.4, -0.2) is 38.4 Å². The van der Waals surface area contributed by atoms with Crippen LogP contribution in [-0.2, 0) is 0 Å². The molecule has 0 unspecified atom stereocenters. The fourth-order valence-corrected chi connectivity index (χ4v) is 2.72. The minimum atomic E-state index is -0.157. The van der Waals surface area contributed by atoms with Crippen LogP contribution in [0.4, 0.5) is 5.95 Å². The highest BCUT2D eigenvalue weighted by atomic mass is 32.2. The number of nitrogens with one attached hydrogen (secondary N) is 2. The molecule has 0 amide bonds. The van der Waals surface area contributed by atoms with Crippen LogP contribution < -0.4 is 16.0 Å². The summed E-state index contributed by atoms with van der Waals surface area (Å²) in [6.07, 6.45) is 3.71. The lowest BCUT2D eigenvalue weighted by molar-refractivity contribution is 0.358. The van der Waals surface area contributed by atoms with Crippen molar-refractivity contribution in [2.75, 3.05) is 18.4 Å². The zero-order valence-electron chi connectivity index (χ0n) is 10.9. The number of hydrogen-bond acceptors (Lipinski definition) is 7. The molecule has 0 aromatic carbocycles. The molecule has 1 aliphatic heterocycles. The van der Waals surface area contributed by atoms with Gasteiger partial charge in [-0.25, -0.2) is 9.29 Å². The van der Waals surface area contributed by atoms with Crippen LogP contribution in [0.25, 0.3) is 11.0 Å². The second kappa shape index (κ2) is 5.78. The molecule has 1 saturated heterocycles. The van der Waals surface area contributed by atoms with Crippen LogP contribution in [0.3, 0.4) is 0 Å². The molecule has 0 radical (unpaired) electrons. The van der Waals surface area contributed by atoms with E-state index in [1.165, 1.54) is 18.2 Å². The summed E-state index contributed by atoms with van der Waals surface area (Å²) in [6.45, 7) is 1.90. The molecular weight excluding hydrogens is 276 g/mol. The van der Waals surface area contributed by atoms with Crippen LogP contribution >= 0.6 is 12.1 Å². The van der Waals surface area contributed by atoms with Gasteiger partial charge in [-0.05, 0) is 18.9 Å². The van der Waals surface area contributed by atoms with Gasteiger partial charge < -0.3 is 10.3 Å². The van der Waals surface area contributed by atoms with Gasteiger partial charge in [0, 0.05) is 48.9 Å². The smallest absolute Gasteiger partial charge is 0.249 e. The topological polar surface area (TPSA) is 99.9 Å². The Hall–Kier alpha value is -1.64. The van der Waals surface area contributed by atoms with Gasteiger partial charge in [0.2, 0.25) is 11.5 Å². The summed E-state index contributed by atoms with van der Waals surface area (Å²) in [5.41, 5.74) is 0.403. The van der Waals surface area contributed by atoms with E-state index in [1.807, 2.05) is 0 Å². The molecule has 20 heavy (non-hydrogen) atoms. The summed E-state index contributed by atoms with van der Waals surface area (Å²) in [5.74, 6) is 0.554. The molecule has 4 N–H and O–H groups in total. The van der Waals surface area contributed by atoms with Crippen LogP contribution in [0.5, 0.6) is 0 Å². The number of fused-ring (bicyclic) bond motifs is 1. The van der Waals surface area contributed by atoms with E-state index in [4.69, 9.17) is 5.14 Å². The van der Waals surface area contributed by atoms with E-state index in [0.717, 1.165) is 31.3 Å². The van der Waals surface area contributed by atoms with Crippen LogP contribution in [0.1, 0.15) is 12.8 Å². The summed E-state index contributed by atoms with van der Waals surface area (Å²) in [4.78, 5) is 22.6. The second-order valence-electron chi connectivity index (χ2n) is 4.77. The average molecular weight is 292 g/mol. The van der Waals surface area contributed by atoms with Crippen molar-refractivity contribution in [3.63, 3.8) is 0 Å². The van der Waals surface area contributed by atoms with Crippen molar-refractivity contribution in [2.24, 2.45) is 5.14 Å². The summed E-state index contributed by atoms with van der Waals surface area (Å²) < 4.78 is 2.14. The molecule has 0 saturated carbocycles. The number of hydrogen-bond donors (Lipinski definition) is 3. The predicted molar refractivity (Wildman–Crippen MR) is 80.2 cm³/mol. The third-order valence-corrected chi connectivity index (χ3v) is 4.07. The molecule has 0 spiro atoms. The van der Waals surface area contributed by atoms with Crippen molar-refractivity contribution in [1.82, 2.24) is 19.3 Å². The van der Waals surface area contributed by atoms with Crippen molar-refractivity contribution in [1.29, 1.82) is 0 Å². The first-order valence-corrected chi connectivity index (χ1v) is 7.32. The molecular formula is C12H16N6OS. The molecule has 8 heteroatoms. The standard InChI is InChI=1S/C12H16N6OS/c13-20-18-5-3-9(4-6-18)15-12-14-7-8-1-2-10(19)16-11(8)17-12/h1-2,7,9H,3-6,13H2,(H2,14,15,16,17,19). The minimum absolute atomic E-state index is 0.157. The third-order valence-electron chi connectivity index (χ3n) is 3.41. The Bertz CT molecular complexity index is 652. The van der Waals surface area contributed by atoms with Crippen LogP contribution in [0.2, 0.25) is 0 Å². The summed E-state index contributed by atoms with van der Waals surface area (Å²) in [5, 5.41) is 9.68. The fraction of sp³-hybridized carbons (Fsp3) is 0.417. The lowest BCUT2D eigenvalue weighted by Gasteiger charge is -2.29. The SMILES string of the molecule is NSN1CCC(Nc2ncc3ccc(=O)[nH]c3n2)CC1. The van der Waals surface area contributed by atoms with Crippen LogP contribution in [0, 0.1) is 0 Å². The molecule has 0 bridgehead atoms. The maximum Gasteiger partial charge on any atom is 0.249 e. The summed E-state index contributed by atoms with van der Waals surface area (Å²) in [6, 6.07) is 3.53. The van der Waals surface area contributed by atoms with Crippen molar-refractivity contribution in [3.8, 4) is 0 Å². The first-order valence-electron chi connectivity index (χ1n) is 6.49. The van der Waals surface area contributed by atoms with Gasteiger partial charge in [-0.3, -0.25) is 9.93 Å². The van der Waals surface area contributed by atoms with Gasteiger partial charge in [-0.1, -0.05) is 0 Å². The second-order valence-corrected chi connectivity index (χ2v) is 5.50. The van der Waals surface area contributed by atoms with Crippen molar-refractivity contribution >= 4 is 29.1 Å². The zero-order chi connectivity index (χ0) is 13.9. The Balaban J connectivity index is 1.73. The summed E-state index contributed by atoms with van der Waals surface area (Å²) in [7, 11) is 0. The van der Waals surface area contributed by atoms with Gasteiger partial charge in [0.15, 0.2) is 0 Å². The predicted octanol–water partition coefficient (Wildman–Crippen LogP) is 0.716. The number of H-pyrrole nitrogens is 1. The van der Waals surface area contributed by atoms with Crippen LogP contribution in [0.15, 0.2) is 23.1 Å². The largest absolute Gasteiger partial charge is 0.351 e. The molecule has 2 aromatic rings. The van der Waals surface area contributed by atoms with Gasteiger partial charge in [0.05, 0.1) is 0 Å².